The summed E-state index contributed by atoms with van der Waals surface area (Å²) < 4.78 is 71.0. The number of aromatic nitrogens is 10. The number of aryl methyl sites for hydroxylation is 2. The van der Waals surface area contributed by atoms with Gasteiger partial charge in [0.15, 0.2) is 0 Å². The molecule has 30 heteroatoms. The van der Waals surface area contributed by atoms with Crippen LogP contribution in [0.15, 0.2) is 50.2 Å². The minimum absolute atomic E-state index is 0.0287. The SMILES string of the molecule is Cc1cn(C2CC(n3ccnn3)C(COc3cnnn3C3CC(n4cc(C)c(=O)[nH]c4=O)OC3COP(=O)(O)OP(=O)(O)OP(=O)(O)O)O2)c(=O)[nH]c1=O. The fourth-order valence-corrected chi connectivity index (χ4v) is 8.84. The molecule has 0 amide bonds. The normalized spacial score (nSPS) is 25.4. The van der Waals surface area contributed by atoms with Gasteiger partial charge in [-0.3, -0.25) is 33.2 Å². The molecule has 0 aliphatic carbocycles. The number of ether oxygens (including phenoxy) is 3. The summed E-state index contributed by atoms with van der Waals surface area (Å²) in [6, 6.07) is -1.59. The van der Waals surface area contributed by atoms with Gasteiger partial charge in [0.1, 0.15) is 37.5 Å². The third-order valence-electron chi connectivity index (χ3n) is 8.17. The van der Waals surface area contributed by atoms with Gasteiger partial charge in [-0.25, -0.2) is 32.6 Å². The summed E-state index contributed by atoms with van der Waals surface area (Å²) >= 11 is 0. The summed E-state index contributed by atoms with van der Waals surface area (Å²) in [5, 5.41) is 15.8. The first-order valence-electron chi connectivity index (χ1n) is 15.4. The first-order chi connectivity index (χ1) is 25.3. The number of rotatable bonds is 14. The van der Waals surface area contributed by atoms with Gasteiger partial charge in [0.2, 0.25) is 5.88 Å². The average Bonchev–Trinajstić information content (AvgIpc) is 3.87. The van der Waals surface area contributed by atoms with Crippen LogP contribution >= 0.6 is 23.5 Å². The van der Waals surface area contributed by atoms with Crippen LogP contribution in [-0.2, 0) is 36.3 Å². The number of aromatic amines is 2. The van der Waals surface area contributed by atoms with Crippen LogP contribution in [0, 0.1) is 13.8 Å². The van der Waals surface area contributed by atoms with E-state index in [4.69, 9.17) is 28.5 Å². The Morgan fingerprint density at radius 3 is 1.93 bits per heavy atom. The molecule has 4 aromatic heterocycles. The molecule has 54 heavy (non-hydrogen) atoms. The lowest BCUT2D eigenvalue weighted by Crippen LogP contribution is -2.33. The van der Waals surface area contributed by atoms with Crippen LogP contribution in [-0.4, -0.2) is 94.1 Å². The molecule has 2 aliphatic rings. The molecule has 0 bridgehead atoms. The zero-order valence-electron chi connectivity index (χ0n) is 27.7. The molecule has 294 valence electrons. The Kier molecular flexibility index (Phi) is 11.1. The lowest BCUT2D eigenvalue weighted by molar-refractivity contribution is -0.0354. The summed E-state index contributed by atoms with van der Waals surface area (Å²) in [4.78, 5) is 91.0. The van der Waals surface area contributed by atoms with Crippen LogP contribution in [0.25, 0.3) is 0 Å². The van der Waals surface area contributed by atoms with Crippen LogP contribution in [0.2, 0.25) is 0 Å². The number of hydrogen-bond acceptors (Lipinski definition) is 17. The van der Waals surface area contributed by atoms with E-state index in [2.05, 4.69) is 39.2 Å². The Morgan fingerprint density at radius 1 is 0.796 bits per heavy atom. The molecule has 0 spiro atoms. The number of nitrogens with zero attached hydrogens (tertiary/aromatic N) is 8. The highest BCUT2D eigenvalue weighted by Crippen LogP contribution is 2.66. The van der Waals surface area contributed by atoms with Gasteiger partial charge in [-0.1, -0.05) is 10.4 Å². The molecule has 2 fully saturated rings. The van der Waals surface area contributed by atoms with E-state index in [1.807, 2.05) is 0 Å². The highest BCUT2D eigenvalue weighted by atomic mass is 31.3. The number of phosphoric acid groups is 3. The predicted molar refractivity (Wildman–Crippen MR) is 173 cm³/mol. The van der Waals surface area contributed by atoms with Gasteiger partial charge in [-0.2, -0.15) is 8.62 Å². The van der Waals surface area contributed by atoms with Crippen molar-refractivity contribution in [1.29, 1.82) is 0 Å². The molecule has 6 heterocycles. The van der Waals surface area contributed by atoms with Gasteiger partial charge in [0.05, 0.1) is 24.9 Å². The maximum atomic E-state index is 12.7. The van der Waals surface area contributed by atoms with Gasteiger partial charge < -0.3 is 33.8 Å². The molecule has 6 rings (SSSR count). The fourth-order valence-electron chi connectivity index (χ4n) is 5.81. The fraction of sp³-hybridized carbons (Fsp3) is 0.500. The van der Waals surface area contributed by atoms with Crippen molar-refractivity contribution in [1.82, 2.24) is 49.1 Å². The third kappa shape index (κ3) is 9.00. The monoisotopic (exact) mass is 824 g/mol. The quantitative estimate of drug-likeness (QED) is 0.0802. The van der Waals surface area contributed by atoms with Crippen molar-refractivity contribution >= 4 is 23.5 Å². The highest BCUT2D eigenvalue weighted by Gasteiger charge is 2.45. The van der Waals surface area contributed by atoms with E-state index in [0.29, 0.717) is 0 Å². The van der Waals surface area contributed by atoms with Crippen molar-refractivity contribution in [3.05, 3.63) is 83.8 Å². The molecular formula is C24H31N10O17P3. The van der Waals surface area contributed by atoms with Gasteiger partial charge in [-0.15, -0.1) is 10.2 Å². The van der Waals surface area contributed by atoms with Gasteiger partial charge >= 0.3 is 34.8 Å². The van der Waals surface area contributed by atoms with Crippen LogP contribution in [0.1, 0.15) is 48.5 Å². The molecule has 8 unspecified atom stereocenters. The topological polar surface area (TPSA) is 359 Å². The van der Waals surface area contributed by atoms with Gasteiger partial charge in [-0.05, 0) is 13.8 Å². The second-order valence-electron chi connectivity index (χ2n) is 11.9. The standard InChI is InChI=1S/C24H31N10O17P3/c1-12-8-31(23(37)27-21(12)35)18-5-14(33-4-3-25-29-33)16(48-18)10-46-20-7-26-30-34(20)15-6-19(32-9-13(2)22(36)28-24(32)38)49-17(15)11-47-53(42,43)51-54(44,45)50-52(39,40)41/h3-4,7-9,14-19H,5-6,10-11H2,1-2H3,(H,42,43)(H,44,45)(H,27,35,37)(H,28,36,38)(H2,39,40,41). The molecule has 2 saturated heterocycles. The predicted octanol–water partition coefficient (Wildman–Crippen LogP) is -1.33. The Labute approximate surface area is 299 Å². The molecule has 2 aliphatic heterocycles. The van der Waals surface area contributed by atoms with Crippen LogP contribution in [0.3, 0.4) is 0 Å². The first-order valence-corrected chi connectivity index (χ1v) is 19.9. The van der Waals surface area contributed by atoms with Crippen LogP contribution in [0.4, 0.5) is 0 Å². The molecular weight excluding hydrogens is 793 g/mol. The van der Waals surface area contributed by atoms with Crippen LogP contribution in [0.5, 0.6) is 5.88 Å². The molecule has 0 radical (unpaired) electrons. The van der Waals surface area contributed by atoms with E-state index in [9.17, 15) is 42.7 Å². The smallest absolute Gasteiger partial charge is 0.474 e. The second kappa shape index (κ2) is 15.1. The molecule has 0 saturated carbocycles. The minimum Gasteiger partial charge on any atom is -0.474 e. The van der Waals surface area contributed by atoms with Crippen molar-refractivity contribution in [2.24, 2.45) is 0 Å². The zero-order valence-corrected chi connectivity index (χ0v) is 30.4. The lowest BCUT2D eigenvalue weighted by Gasteiger charge is -2.23. The van der Waals surface area contributed by atoms with E-state index in [-0.39, 0.29) is 36.5 Å². The van der Waals surface area contributed by atoms with Crippen LogP contribution < -0.4 is 27.2 Å². The van der Waals surface area contributed by atoms with Crippen molar-refractivity contribution in [3.63, 3.8) is 0 Å². The number of nitrogens with one attached hydrogen (secondary N) is 2. The maximum Gasteiger partial charge on any atom is 0.490 e. The van der Waals surface area contributed by atoms with E-state index in [0.717, 1.165) is 4.57 Å². The van der Waals surface area contributed by atoms with Crippen molar-refractivity contribution in [3.8, 4) is 5.88 Å². The van der Waals surface area contributed by atoms with Crippen molar-refractivity contribution in [2.45, 2.75) is 63.4 Å². The number of hydrogen-bond donors (Lipinski definition) is 6. The Morgan fingerprint density at radius 2 is 1.37 bits per heavy atom. The largest absolute Gasteiger partial charge is 0.490 e. The third-order valence-corrected chi connectivity index (χ3v) is 12.0. The summed E-state index contributed by atoms with van der Waals surface area (Å²) in [6.07, 6.45) is 2.66. The zero-order chi connectivity index (χ0) is 39.2. The Hall–Kier alpha value is -4.23. The maximum absolute atomic E-state index is 12.7. The summed E-state index contributed by atoms with van der Waals surface area (Å²) in [6.45, 7) is 1.80. The van der Waals surface area contributed by atoms with Gasteiger partial charge in [0, 0.05) is 42.6 Å². The molecule has 4 aromatic rings. The first kappa shape index (κ1) is 39.5. The Bertz CT molecular complexity index is 2390. The average molecular weight is 824 g/mol. The second-order valence-corrected chi connectivity index (χ2v) is 16.3. The Balaban J connectivity index is 1.24. The number of phosphoric ester groups is 1. The van der Waals surface area contributed by atoms with Crippen molar-refractivity contribution < 1.29 is 60.6 Å². The highest BCUT2D eigenvalue weighted by molar-refractivity contribution is 7.66. The molecule has 27 nitrogen and oxygen atoms in total. The molecule has 0 aromatic carbocycles. The van der Waals surface area contributed by atoms with E-state index >= 15 is 0 Å². The number of H-pyrrole nitrogens is 2. The molecule has 8 atom stereocenters. The summed E-state index contributed by atoms with van der Waals surface area (Å²) in [5.41, 5.74) is -2.39. The lowest BCUT2D eigenvalue weighted by atomic mass is 10.1. The van der Waals surface area contributed by atoms with E-state index in [1.165, 1.54) is 52.6 Å². The minimum atomic E-state index is -5.84. The van der Waals surface area contributed by atoms with E-state index in [1.54, 1.807) is 6.20 Å². The summed E-state index contributed by atoms with van der Waals surface area (Å²) in [7, 11) is -17.1. The van der Waals surface area contributed by atoms with E-state index < -0.39 is 89.3 Å². The van der Waals surface area contributed by atoms with Gasteiger partial charge in [0.25, 0.3) is 11.1 Å². The van der Waals surface area contributed by atoms with Crippen molar-refractivity contribution in [2.75, 3.05) is 13.2 Å². The molecule has 6 N–H and O–H groups in total. The summed E-state index contributed by atoms with van der Waals surface area (Å²) in [5.74, 6) is -0.0287.